The van der Waals surface area contributed by atoms with Gasteiger partial charge in [-0.15, -0.1) is 0 Å². The molecule has 0 fully saturated rings. The molecular weight excluding hydrogens is 606 g/mol. The van der Waals surface area contributed by atoms with Crippen LogP contribution >= 0.6 is 11.3 Å². The molecule has 0 spiro atoms. The number of rotatable bonds is 11. The maximum Gasteiger partial charge on any atom is 0.335 e. The Morgan fingerprint density at radius 1 is 1.00 bits per heavy atom. The lowest BCUT2D eigenvalue weighted by Gasteiger charge is -2.30. The number of carboxylic acids is 1. The topological polar surface area (TPSA) is 120 Å². The highest BCUT2D eigenvalue weighted by Gasteiger charge is 2.36. The molecule has 1 aliphatic rings. The summed E-state index contributed by atoms with van der Waals surface area (Å²) in [6, 6.07) is 18.4. The smallest absolute Gasteiger partial charge is 0.335 e. The molecule has 0 bridgehead atoms. The highest BCUT2D eigenvalue weighted by Crippen LogP contribution is 2.38. The van der Waals surface area contributed by atoms with Crippen molar-refractivity contribution in [1.82, 2.24) is 9.47 Å². The summed E-state index contributed by atoms with van der Waals surface area (Å²) in [5, 5.41) is 9.23. The maximum atomic E-state index is 14.1. The second-order valence-electron chi connectivity index (χ2n) is 10.5. The molecule has 10 nitrogen and oxygen atoms in total. The predicted octanol–water partition coefficient (Wildman–Crippen LogP) is 4.40. The highest BCUT2D eigenvalue weighted by molar-refractivity contribution is 7.07. The van der Waals surface area contributed by atoms with Crippen LogP contribution in [0.25, 0.3) is 6.08 Å². The van der Waals surface area contributed by atoms with Gasteiger partial charge in [-0.3, -0.25) is 14.2 Å². The van der Waals surface area contributed by atoms with E-state index in [-0.39, 0.29) is 23.6 Å². The van der Waals surface area contributed by atoms with E-state index >= 15 is 0 Å². The summed E-state index contributed by atoms with van der Waals surface area (Å²) in [6.45, 7) is 6.85. The molecule has 0 unspecified atom stereocenters. The van der Waals surface area contributed by atoms with E-state index in [4.69, 9.17) is 19.2 Å². The number of aromatic nitrogens is 1. The van der Waals surface area contributed by atoms with Crippen LogP contribution in [0.1, 0.15) is 53.9 Å². The first-order valence-electron chi connectivity index (χ1n) is 14.8. The molecule has 238 valence electrons. The molecule has 11 heteroatoms. The molecule has 0 saturated carbocycles. The average Bonchev–Trinajstić information content (AvgIpc) is 3.37. The Balaban J connectivity index is 1.54. The second kappa shape index (κ2) is 13.9. The summed E-state index contributed by atoms with van der Waals surface area (Å²) in [5.41, 5.74) is 2.99. The van der Waals surface area contributed by atoms with Crippen molar-refractivity contribution in [3.63, 3.8) is 0 Å². The van der Waals surface area contributed by atoms with E-state index in [1.807, 2.05) is 26.0 Å². The summed E-state index contributed by atoms with van der Waals surface area (Å²) in [6.07, 6.45) is 1.79. The third kappa shape index (κ3) is 6.45. The van der Waals surface area contributed by atoms with E-state index in [0.29, 0.717) is 56.5 Å². The van der Waals surface area contributed by atoms with Gasteiger partial charge in [-0.05, 0) is 80.4 Å². The summed E-state index contributed by atoms with van der Waals surface area (Å²) >= 11 is 1.25. The number of hydrogen-bond acceptors (Lipinski definition) is 8. The Morgan fingerprint density at radius 3 is 2.37 bits per heavy atom. The number of benzene rings is 3. The number of amides is 1. The summed E-state index contributed by atoms with van der Waals surface area (Å²) in [5.74, 6) is 0.497. The molecule has 0 radical (unpaired) electrons. The Labute approximate surface area is 270 Å². The number of thiazole rings is 1. The van der Waals surface area contributed by atoms with Crippen molar-refractivity contribution in [2.45, 2.75) is 33.4 Å². The van der Waals surface area contributed by atoms with Crippen LogP contribution in [0.5, 0.6) is 17.2 Å². The first kappa shape index (κ1) is 32.2. The van der Waals surface area contributed by atoms with Crippen molar-refractivity contribution in [2.75, 3.05) is 27.3 Å². The van der Waals surface area contributed by atoms with Crippen molar-refractivity contribution in [2.24, 2.45) is 4.99 Å². The number of aromatic carboxylic acids is 1. The molecule has 46 heavy (non-hydrogen) atoms. The fourth-order valence-corrected chi connectivity index (χ4v) is 6.44. The van der Waals surface area contributed by atoms with E-state index in [9.17, 15) is 19.5 Å². The van der Waals surface area contributed by atoms with Gasteiger partial charge in [0.1, 0.15) is 29.9 Å². The molecule has 2 heterocycles. The van der Waals surface area contributed by atoms with Gasteiger partial charge < -0.3 is 24.2 Å². The largest absolute Gasteiger partial charge is 0.497 e. The number of ether oxygens (including phenoxy) is 3. The summed E-state index contributed by atoms with van der Waals surface area (Å²) in [7, 11) is 3.12. The minimum atomic E-state index is -0.993. The minimum Gasteiger partial charge on any atom is -0.497 e. The number of methoxy groups -OCH3 is 2. The lowest BCUT2D eigenvalue weighted by Crippen LogP contribution is -2.43. The first-order valence-corrected chi connectivity index (χ1v) is 15.6. The predicted molar refractivity (Wildman–Crippen MR) is 175 cm³/mol. The quantitative estimate of drug-likeness (QED) is 0.258. The molecule has 4 aromatic rings. The third-order valence-corrected chi connectivity index (χ3v) is 8.77. The number of hydrogen-bond donors (Lipinski definition) is 1. The first-order chi connectivity index (χ1) is 22.2. The van der Waals surface area contributed by atoms with Crippen LogP contribution in [0.4, 0.5) is 0 Å². The van der Waals surface area contributed by atoms with Crippen molar-refractivity contribution in [3.05, 3.63) is 120 Å². The normalized spacial score (nSPS) is 14.4. The van der Waals surface area contributed by atoms with Crippen LogP contribution in [0.15, 0.2) is 87.8 Å². The van der Waals surface area contributed by atoms with E-state index in [1.54, 1.807) is 85.2 Å². The van der Waals surface area contributed by atoms with Gasteiger partial charge in [0, 0.05) is 18.7 Å². The van der Waals surface area contributed by atoms with Crippen LogP contribution in [0.2, 0.25) is 0 Å². The van der Waals surface area contributed by atoms with E-state index in [2.05, 4.69) is 0 Å². The molecule has 1 N–H and O–H groups in total. The van der Waals surface area contributed by atoms with Crippen LogP contribution in [-0.4, -0.2) is 53.8 Å². The van der Waals surface area contributed by atoms with Gasteiger partial charge in [0.25, 0.3) is 11.5 Å². The third-order valence-electron chi connectivity index (χ3n) is 7.79. The zero-order chi connectivity index (χ0) is 33.0. The molecule has 0 aliphatic carbocycles. The molecule has 3 aromatic carbocycles. The number of fused-ring (bicyclic) bond motifs is 1. The zero-order valence-corrected chi connectivity index (χ0v) is 27.1. The highest BCUT2D eigenvalue weighted by atomic mass is 32.1. The minimum absolute atomic E-state index is 0.194. The number of allylic oxidation sites excluding steroid dienone is 1. The van der Waals surface area contributed by atoms with Crippen molar-refractivity contribution in [1.29, 1.82) is 0 Å². The van der Waals surface area contributed by atoms with Crippen molar-refractivity contribution < 1.29 is 28.9 Å². The van der Waals surface area contributed by atoms with E-state index in [0.717, 1.165) is 11.1 Å². The maximum absolute atomic E-state index is 14.1. The second-order valence-corrected chi connectivity index (χ2v) is 11.5. The average molecular weight is 642 g/mol. The van der Waals surface area contributed by atoms with Gasteiger partial charge in [-0.2, -0.15) is 0 Å². The Kier molecular flexibility index (Phi) is 9.72. The van der Waals surface area contributed by atoms with Crippen LogP contribution in [0.3, 0.4) is 0 Å². The Bertz CT molecular complexity index is 1990. The lowest BCUT2D eigenvalue weighted by molar-refractivity contribution is -0.127. The number of carbonyl (C=O) groups is 2. The Hall–Kier alpha value is -5.16. The number of likely N-dealkylation sites (N-methyl/N-ethyl adjacent to an activating group) is 1. The molecule has 5 rings (SSSR count). The Morgan fingerprint density at radius 2 is 1.72 bits per heavy atom. The van der Waals surface area contributed by atoms with Gasteiger partial charge in [0.15, 0.2) is 4.80 Å². The van der Waals surface area contributed by atoms with Crippen molar-refractivity contribution in [3.8, 4) is 17.2 Å². The van der Waals surface area contributed by atoms with Crippen LogP contribution < -0.4 is 29.1 Å². The fourth-order valence-electron chi connectivity index (χ4n) is 5.40. The number of carboxylic acid groups (broad SMARTS) is 1. The van der Waals surface area contributed by atoms with Crippen molar-refractivity contribution >= 4 is 29.3 Å². The fraction of sp³-hybridized carbons (Fsp3) is 0.257. The zero-order valence-electron chi connectivity index (χ0n) is 26.3. The lowest BCUT2D eigenvalue weighted by atomic mass is 9.93. The number of carbonyl (C=O) groups excluding carboxylic acids is 1. The van der Waals surface area contributed by atoms with E-state index in [1.165, 1.54) is 17.4 Å². The molecule has 1 aliphatic heterocycles. The number of nitrogens with zero attached hydrogens (tertiary/aromatic N) is 3. The van der Waals surface area contributed by atoms with Crippen LogP contribution in [0, 0.1) is 0 Å². The van der Waals surface area contributed by atoms with Gasteiger partial charge in [-0.1, -0.05) is 35.6 Å². The van der Waals surface area contributed by atoms with Gasteiger partial charge in [-0.25, -0.2) is 9.79 Å². The molecular formula is C35H35N3O7S. The van der Waals surface area contributed by atoms with Gasteiger partial charge in [0.2, 0.25) is 0 Å². The van der Waals surface area contributed by atoms with Gasteiger partial charge >= 0.3 is 5.97 Å². The summed E-state index contributed by atoms with van der Waals surface area (Å²) < 4.78 is 19.1. The molecule has 0 saturated heterocycles. The molecule has 1 amide bonds. The van der Waals surface area contributed by atoms with Crippen LogP contribution in [-0.2, 0) is 11.4 Å². The van der Waals surface area contributed by atoms with E-state index < -0.39 is 12.0 Å². The van der Waals surface area contributed by atoms with Gasteiger partial charge in [0.05, 0.1) is 35.6 Å². The molecule has 1 atom stereocenters. The monoisotopic (exact) mass is 641 g/mol. The molecule has 1 aromatic heterocycles. The summed E-state index contributed by atoms with van der Waals surface area (Å²) in [4.78, 5) is 46.3. The standard InChI is InChI=1S/C35H35N3O7S/c1-6-37(7-2)33(40)30-21(3)36-35-38(31(30)27-19-26(43-4)15-16-28(27)44-5)32(39)29(46-35)18-22-11-13-25(14-12-22)45-20-23-9-8-10-24(17-23)34(41)42/h8-19,31H,6-7,20H2,1-5H3,(H,41,42)/b29-18+/t31-/m0/s1. The SMILES string of the molecule is CCN(CC)C(=O)C1=C(C)N=c2s/c(=C/c3ccc(OCc4cccc(C(=O)O)c4)cc3)c(=O)n2[C@H]1c1cc(OC)ccc1OC.